The SMILES string of the molecule is CC(C)(C)NC(=O)OCc1cccc(Nc2ncnc(N(Cc3ccccc3)Cc3ccccc3)c2Nc2ncc(Oc3ccccc3)cn2)c1. The predicted octanol–water partition coefficient (Wildman–Crippen LogP) is 8.78. The number of ether oxygens (including phenoxy) is 2. The fraction of sp³-hybridized carbons (Fsp3) is 0.175. The molecule has 11 heteroatoms. The molecule has 0 spiro atoms. The van der Waals surface area contributed by atoms with Crippen LogP contribution in [0.2, 0.25) is 0 Å². The monoisotopic (exact) mass is 680 g/mol. The van der Waals surface area contributed by atoms with Gasteiger partial charge in [-0.2, -0.15) is 0 Å². The number of anilines is 5. The van der Waals surface area contributed by atoms with E-state index in [1.165, 1.54) is 6.33 Å². The summed E-state index contributed by atoms with van der Waals surface area (Å²) in [6, 6.07) is 37.6. The third kappa shape index (κ3) is 10.3. The van der Waals surface area contributed by atoms with Crippen molar-refractivity contribution in [2.24, 2.45) is 0 Å². The second-order valence-corrected chi connectivity index (χ2v) is 12.8. The number of amides is 1. The van der Waals surface area contributed by atoms with Gasteiger partial charge in [0.2, 0.25) is 5.95 Å². The molecule has 0 aliphatic rings. The van der Waals surface area contributed by atoms with Crippen LogP contribution in [0.15, 0.2) is 134 Å². The lowest BCUT2D eigenvalue weighted by Gasteiger charge is -2.27. The van der Waals surface area contributed by atoms with Gasteiger partial charge < -0.3 is 30.3 Å². The Kier molecular flexibility index (Phi) is 11.0. The molecular weight excluding hydrogens is 640 g/mol. The van der Waals surface area contributed by atoms with Gasteiger partial charge in [0.1, 0.15) is 24.4 Å². The first kappa shape index (κ1) is 34.4. The van der Waals surface area contributed by atoms with Gasteiger partial charge in [0.25, 0.3) is 0 Å². The minimum absolute atomic E-state index is 0.102. The van der Waals surface area contributed by atoms with Crippen LogP contribution in [0.25, 0.3) is 0 Å². The summed E-state index contributed by atoms with van der Waals surface area (Å²) in [5.74, 6) is 2.67. The quantitative estimate of drug-likeness (QED) is 0.109. The highest BCUT2D eigenvalue weighted by Crippen LogP contribution is 2.35. The zero-order valence-corrected chi connectivity index (χ0v) is 28.8. The number of benzene rings is 4. The highest BCUT2D eigenvalue weighted by atomic mass is 16.5. The third-order valence-electron chi connectivity index (χ3n) is 7.44. The van der Waals surface area contributed by atoms with E-state index in [0.29, 0.717) is 47.9 Å². The standard InChI is InChI=1S/C40H40N8O3/c1-40(2,3)47-39(49)50-27-31-18-13-19-32(22-31)45-36-35(46-38-41-23-34(24-42-38)51-33-20-11-6-12-21-33)37(44-28-43-36)48(25-29-14-7-4-8-15-29)26-30-16-9-5-10-17-30/h4-24,28H,25-27H2,1-3H3,(H,47,49)(H,41,42,46)(H,43,44,45). The molecule has 3 N–H and O–H groups in total. The van der Waals surface area contributed by atoms with E-state index in [1.54, 1.807) is 12.4 Å². The molecule has 0 radical (unpaired) electrons. The first-order valence-electron chi connectivity index (χ1n) is 16.6. The Morgan fingerprint density at radius 2 is 1.29 bits per heavy atom. The Bertz CT molecular complexity index is 1960. The van der Waals surface area contributed by atoms with Crippen molar-refractivity contribution in [1.29, 1.82) is 0 Å². The topological polar surface area (TPSA) is 126 Å². The maximum Gasteiger partial charge on any atom is 0.407 e. The number of hydrogen-bond acceptors (Lipinski definition) is 10. The molecule has 0 aliphatic heterocycles. The molecule has 258 valence electrons. The summed E-state index contributed by atoms with van der Waals surface area (Å²) in [6.07, 6.45) is 4.28. The smallest absolute Gasteiger partial charge is 0.407 e. The van der Waals surface area contributed by atoms with Crippen molar-refractivity contribution < 1.29 is 14.3 Å². The molecule has 11 nitrogen and oxygen atoms in total. The number of carbonyl (C=O) groups excluding carboxylic acids is 1. The molecule has 6 rings (SSSR count). The Morgan fingerprint density at radius 3 is 1.92 bits per heavy atom. The Morgan fingerprint density at radius 1 is 0.686 bits per heavy atom. The predicted molar refractivity (Wildman–Crippen MR) is 199 cm³/mol. The van der Waals surface area contributed by atoms with Gasteiger partial charge in [0.05, 0.1) is 12.4 Å². The van der Waals surface area contributed by atoms with Crippen LogP contribution in [0.1, 0.15) is 37.5 Å². The zero-order valence-electron chi connectivity index (χ0n) is 28.8. The average Bonchev–Trinajstić information content (AvgIpc) is 3.13. The number of rotatable bonds is 13. The summed E-state index contributed by atoms with van der Waals surface area (Å²) >= 11 is 0. The van der Waals surface area contributed by atoms with Gasteiger partial charge in [0, 0.05) is 24.3 Å². The molecule has 2 heterocycles. The molecule has 0 atom stereocenters. The van der Waals surface area contributed by atoms with Crippen molar-refractivity contribution in [3.63, 3.8) is 0 Å². The summed E-state index contributed by atoms with van der Waals surface area (Å²) < 4.78 is 11.4. The van der Waals surface area contributed by atoms with E-state index < -0.39 is 11.6 Å². The normalized spacial score (nSPS) is 11.0. The molecule has 0 unspecified atom stereocenters. The number of para-hydroxylation sites is 1. The van der Waals surface area contributed by atoms with Gasteiger partial charge in [0.15, 0.2) is 17.4 Å². The first-order chi connectivity index (χ1) is 24.8. The lowest BCUT2D eigenvalue weighted by Crippen LogP contribution is -2.40. The molecule has 0 bridgehead atoms. The van der Waals surface area contributed by atoms with Crippen molar-refractivity contribution in [2.45, 2.75) is 46.0 Å². The first-order valence-corrected chi connectivity index (χ1v) is 16.6. The fourth-order valence-electron chi connectivity index (χ4n) is 5.18. The maximum absolute atomic E-state index is 12.3. The maximum atomic E-state index is 12.3. The zero-order chi connectivity index (χ0) is 35.5. The minimum Gasteiger partial charge on any atom is -0.454 e. The van der Waals surface area contributed by atoms with Crippen LogP contribution >= 0.6 is 0 Å². The fourth-order valence-corrected chi connectivity index (χ4v) is 5.18. The average molecular weight is 681 g/mol. The molecule has 51 heavy (non-hydrogen) atoms. The van der Waals surface area contributed by atoms with Crippen LogP contribution in [-0.2, 0) is 24.4 Å². The number of aromatic nitrogens is 4. The van der Waals surface area contributed by atoms with Crippen LogP contribution < -0.4 is 25.6 Å². The summed E-state index contributed by atoms with van der Waals surface area (Å²) in [4.78, 5) is 33.1. The molecule has 6 aromatic rings. The minimum atomic E-state index is -0.482. The molecular formula is C40H40N8O3. The summed E-state index contributed by atoms with van der Waals surface area (Å²) in [5.41, 5.74) is 3.96. The van der Waals surface area contributed by atoms with Crippen molar-refractivity contribution in [2.75, 3.05) is 15.5 Å². The van der Waals surface area contributed by atoms with E-state index >= 15 is 0 Å². The van der Waals surface area contributed by atoms with E-state index in [-0.39, 0.29) is 6.61 Å². The second-order valence-electron chi connectivity index (χ2n) is 12.8. The second kappa shape index (κ2) is 16.3. The number of nitrogens with zero attached hydrogens (tertiary/aromatic N) is 5. The Balaban J connectivity index is 1.33. The van der Waals surface area contributed by atoms with Gasteiger partial charge >= 0.3 is 6.09 Å². The van der Waals surface area contributed by atoms with Gasteiger partial charge in [-0.3, -0.25) is 0 Å². The summed E-state index contributed by atoms with van der Waals surface area (Å²) in [7, 11) is 0. The van der Waals surface area contributed by atoms with Gasteiger partial charge in [-0.15, -0.1) is 0 Å². The number of nitrogens with one attached hydrogen (secondary N) is 3. The molecule has 2 aromatic heterocycles. The van der Waals surface area contributed by atoms with Gasteiger partial charge in [-0.1, -0.05) is 91.0 Å². The van der Waals surface area contributed by atoms with Crippen LogP contribution in [0.3, 0.4) is 0 Å². The number of alkyl carbamates (subject to hydrolysis) is 1. The summed E-state index contributed by atoms with van der Waals surface area (Å²) in [6.45, 7) is 6.96. The lowest BCUT2D eigenvalue weighted by atomic mass is 10.1. The third-order valence-corrected chi connectivity index (χ3v) is 7.44. The van der Waals surface area contributed by atoms with Crippen molar-refractivity contribution in [3.05, 3.63) is 151 Å². The van der Waals surface area contributed by atoms with E-state index in [0.717, 1.165) is 22.4 Å². The van der Waals surface area contributed by atoms with Gasteiger partial charge in [-0.25, -0.2) is 24.7 Å². The van der Waals surface area contributed by atoms with Crippen LogP contribution in [0, 0.1) is 0 Å². The lowest BCUT2D eigenvalue weighted by molar-refractivity contribution is 0.131. The number of carbonyl (C=O) groups is 1. The van der Waals surface area contributed by atoms with E-state index in [4.69, 9.17) is 14.5 Å². The highest BCUT2D eigenvalue weighted by Gasteiger charge is 2.21. The van der Waals surface area contributed by atoms with Crippen LogP contribution in [-0.4, -0.2) is 31.6 Å². The van der Waals surface area contributed by atoms with Crippen molar-refractivity contribution in [3.8, 4) is 11.5 Å². The van der Waals surface area contributed by atoms with Crippen molar-refractivity contribution >= 4 is 35.1 Å². The summed E-state index contributed by atoms with van der Waals surface area (Å²) in [5, 5.41) is 9.66. The largest absolute Gasteiger partial charge is 0.454 e. The Hall–Kier alpha value is -6.49. The van der Waals surface area contributed by atoms with E-state index in [1.807, 2.05) is 112 Å². The molecule has 0 aliphatic carbocycles. The molecule has 0 fully saturated rings. The molecule has 1 amide bonds. The molecule has 0 saturated carbocycles. The van der Waals surface area contributed by atoms with E-state index in [2.05, 4.69) is 60.1 Å². The molecule has 0 saturated heterocycles. The van der Waals surface area contributed by atoms with Gasteiger partial charge in [-0.05, 0) is 61.7 Å². The van der Waals surface area contributed by atoms with Crippen LogP contribution in [0.5, 0.6) is 11.5 Å². The van der Waals surface area contributed by atoms with Crippen LogP contribution in [0.4, 0.5) is 33.8 Å². The Labute approximate surface area is 297 Å². The van der Waals surface area contributed by atoms with Crippen molar-refractivity contribution in [1.82, 2.24) is 25.3 Å². The van der Waals surface area contributed by atoms with E-state index in [9.17, 15) is 4.79 Å². The number of hydrogen-bond donors (Lipinski definition) is 3. The molecule has 4 aromatic carbocycles. The highest BCUT2D eigenvalue weighted by molar-refractivity contribution is 5.83.